The van der Waals surface area contributed by atoms with E-state index >= 15 is 0 Å². The molecule has 136 valence electrons. The van der Waals surface area contributed by atoms with Crippen LogP contribution in [0.15, 0.2) is 54.0 Å². The Hall–Kier alpha value is -1.75. The van der Waals surface area contributed by atoms with Crippen LogP contribution in [0, 0.1) is 0 Å². The fourth-order valence-electron chi connectivity index (χ4n) is 4.31. The summed E-state index contributed by atoms with van der Waals surface area (Å²) in [6.07, 6.45) is 4.84. The Labute approximate surface area is 160 Å². The Kier molecular flexibility index (Phi) is 5.07. The Balaban J connectivity index is 1.39. The van der Waals surface area contributed by atoms with Gasteiger partial charge in [-0.2, -0.15) is 0 Å². The highest BCUT2D eigenvalue weighted by Crippen LogP contribution is 2.41. The van der Waals surface area contributed by atoms with Gasteiger partial charge in [-0.15, -0.1) is 11.3 Å². The number of thiazole rings is 1. The van der Waals surface area contributed by atoms with Crippen molar-refractivity contribution in [1.29, 1.82) is 0 Å². The number of hydrogen-bond acceptors (Lipinski definition) is 4. The van der Waals surface area contributed by atoms with Crippen molar-refractivity contribution in [1.82, 2.24) is 15.2 Å². The van der Waals surface area contributed by atoms with Gasteiger partial charge in [0, 0.05) is 18.1 Å². The molecule has 0 saturated heterocycles. The maximum Gasteiger partial charge on any atom is 0.0812 e. The lowest BCUT2D eigenvalue weighted by atomic mass is 9.74. The van der Waals surface area contributed by atoms with Crippen LogP contribution in [0.1, 0.15) is 36.8 Å². The van der Waals surface area contributed by atoms with Gasteiger partial charge in [-0.05, 0) is 63.0 Å². The molecule has 0 spiro atoms. The molecule has 0 radical (unpaired) electrons. The monoisotopic (exact) mass is 365 g/mol. The Morgan fingerprint density at radius 3 is 2.62 bits per heavy atom. The fourth-order valence-corrected chi connectivity index (χ4v) is 5.05. The predicted molar refractivity (Wildman–Crippen MR) is 111 cm³/mol. The molecule has 4 heteroatoms. The van der Waals surface area contributed by atoms with Crippen LogP contribution >= 0.6 is 11.3 Å². The zero-order valence-electron chi connectivity index (χ0n) is 15.6. The van der Waals surface area contributed by atoms with Crippen LogP contribution < -0.4 is 5.32 Å². The predicted octanol–water partition coefficient (Wildman–Crippen LogP) is 4.79. The first kappa shape index (κ1) is 17.7. The van der Waals surface area contributed by atoms with Crippen molar-refractivity contribution >= 4 is 21.6 Å². The summed E-state index contributed by atoms with van der Waals surface area (Å²) in [4.78, 5) is 6.79. The van der Waals surface area contributed by atoms with E-state index in [1.54, 1.807) is 11.3 Å². The van der Waals surface area contributed by atoms with Crippen LogP contribution in [0.25, 0.3) is 10.2 Å². The first-order chi connectivity index (χ1) is 12.7. The lowest BCUT2D eigenvalue weighted by molar-refractivity contribution is 0.0853. The van der Waals surface area contributed by atoms with Gasteiger partial charge in [-0.25, -0.2) is 4.98 Å². The smallest absolute Gasteiger partial charge is 0.0812 e. The first-order valence-corrected chi connectivity index (χ1v) is 10.3. The molecule has 3 aromatic rings. The van der Waals surface area contributed by atoms with Crippen molar-refractivity contribution < 1.29 is 0 Å². The lowest BCUT2D eigenvalue weighted by Crippen LogP contribution is -2.47. The van der Waals surface area contributed by atoms with Crippen molar-refractivity contribution in [3.63, 3.8) is 0 Å². The highest BCUT2D eigenvalue weighted by Gasteiger charge is 2.38. The van der Waals surface area contributed by atoms with Crippen molar-refractivity contribution in [3.8, 4) is 0 Å². The standard InChI is InChI=1S/C22H27N3S/c1-25(2)22(18-6-4-3-5-7-18)12-10-19(11-13-22)23-15-17-8-9-20-21(14-17)26-16-24-20/h3-9,14,16,19,23H,10-13,15H2,1-2H3. The second-order valence-corrected chi connectivity index (χ2v) is 8.49. The Morgan fingerprint density at radius 2 is 1.88 bits per heavy atom. The molecular formula is C22H27N3S. The fraction of sp³-hybridized carbons (Fsp3) is 0.409. The third-order valence-electron chi connectivity index (χ3n) is 5.97. The van der Waals surface area contributed by atoms with Crippen LogP contribution in [-0.2, 0) is 12.1 Å². The van der Waals surface area contributed by atoms with Crippen LogP contribution in [0.5, 0.6) is 0 Å². The summed E-state index contributed by atoms with van der Waals surface area (Å²) < 4.78 is 1.28. The van der Waals surface area contributed by atoms with Gasteiger partial charge in [0.05, 0.1) is 15.7 Å². The van der Waals surface area contributed by atoms with Crippen molar-refractivity contribution in [2.45, 2.75) is 43.8 Å². The molecule has 0 bridgehead atoms. The number of hydrogen-bond donors (Lipinski definition) is 1. The molecule has 1 aliphatic carbocycles. The summed E-state index contributed by atoms with van der Waals surface area (Å²) in [6, 6.07) is 18.2. The number of rotatable bonds is 5. The third kappa shape index (κ3) is 3.41. The molecule has 26 heavy (non-hydrogen) atoms. The van der Waals surface area contributed by atoms with E-state index in [1.165, 1.54) is 41.5 Å². The molecule has 1 fully saturated rings. The summed E-state index contributed by atoms with van der Waals surface area (Å²) in [5.74, 6) is 0. The topological polar surface area (TPSA) is 28.2 Å². The van der Waals surface area contributed by atoms with Crippen molar-refractivity contribution in [2.75, 3.05) is 14.1 Å². The van der Waals surface area contributed by atoms with Crippen LogP contribution in [0.3, 0.4) is 0 Å². The molecule has 1 aromatic heterocycles. The normalized spacial score (nSPS) is 23.6. The first-order valence-electron chi connectivity index (χ1n) is 9.46. The molecule has 0 aliphatic heterocycles. The molecule has 0 unspecified atom stereocenters. The SMILES string of the molecule is CN(C)C1(c2ccccc2)CCC(NCc2ccc3ncsc3c2)CC1. The van der Waals surface area contributed by atoms with Crippen LogP contribution in [0.2, 0.25) is 0 Å². The number of aromatic nitrogens is 1. The van der Waals surface area contributed by atoms with Crippen LogP contribution in [0.4, 0.5) is 0 Å². The Morgan fingerprint density at radius 1 is 1.12 bits per heavy atom. The summed E-state index contributed by atoms with van der Waals surface area (Å²) in [5.41, 5.74) is 6.03. The number of nitrogens with zero attached hydrogens (tertiary/aromatic N) is 2. The molecule has 1 saturated carbocycles. The average Bonchev–Trinajstić information content (AvgIpc) is 3.15. The highest BCUT2D eigenvalue weighted by molar-refractivity contribution is 7.16. The number of fused-ring (bicyclic) bond motifs is 1. The maximum absolute atomic E-state index is 4.36. The Bertz CT molecular complexity index is 848. The van der Waals surface area contributed by atoms with E-state index in [2.05, 4.69) is 77.8 Å². The zero-order valence-corrected chi connectivity index (χ0v) is 16.4. The molecule has 2 aromatic carbocycles. The van der Waals surface area contributed by atoms with E-state index in [9.17, 15) is 0 Å². The van der Waals surface area contributed by atoms with Gasteiger partial charge >= 0.3 is 0 Å². The third-order valence-corrected chi connectivity index (χ3v) is 6.76. The van der Waals surface area contributed by atoms with Gasteiger partial charge in [-0.1, -0.05) is 36.4 Å². The minimum atomic E-state index is 0.182. The lowest BCUT2D eigenvalue weighted by Gasteiger charge is -2.45. The van der Waals surface area contributed by atoms with Gasteiger partial charge in [0.1, 0.15) is 0 Å². The van der Waals surface area contributed by atoms with Gasteiger partial charge in [0.15, 0.2) is 0 Å². The van der Waals surface area contributed by atoms with E-state index in [-0.39, 0.29) is 5.54 Å². The maximum atomic E-state index is 4.36. The van der Waals surface area contributed by atoms with Crippen LogP contribution in [-0.4, -0.2) is 30.0 Å². The zero-order chi connectivity index (χ0) is 18.0. The van der Waals surface area contributed by atoms with E-state index in [0.717, 1.165) is 12.1 Å². The van der Waals surface area contributed by atoms with Gasteiger partial charge < -0.3 is 5.32 Å². The van der Waals surface area contributed by atoms with Crippen molar-refractivity contribution in [2.24, 2.45) is 0 Å². The number of benzene rings is 2. The van der Waals surface area contributed by atoms with E-state index in [0.29, 0.717) is 6.04 Å². The molecule has 0 amide bonds. The highest BCUT2D eigenvalue weighted by atomic mass is 32.1. The molecule has 1 heterocycles. The van der Waals surface area contributed by atoms with Gasteiger partial charge in [-0.3, -0.25) is 4.90 Å². The molecule has 0 atom stereocenters. The second-order valence-electron chi connectivity index (χ2n) is 7.60. The average molecular weight is 366 g/mol. The number of nitrogens with one attached hydrogen (secondary N) is 1. The summed E-state index contributed by atoms with van der Waals surface area (Å²) in [7, 11) is 4.45. The minimum absolute atomic E-state index is 0.182. The molecule has 1 aliphatic rings. The van der Waals surface area contributed by atoms with E-state index in [4.69, 9.17) is 0 Å². The van der Waals surface area contributed by atoms with Gasteiger partial charge in [0.25, 0.3) is 0 Å². The van der Waals surface area contributed by atoms with E-state index in [1.807, 2.05) is 5.51 Å². The quantitative estimate of drug-likeness (QED) is 0.705. The molecule has 1 N–H and O–H groups in total. The van der Waals surface area contributed by atoms with Crippen molar-refractivity contribution in [3.05, 3.63) is 65.2 Å². The second kappa shape index (κ2) is 7.47. The summed E-state index contributed by atoms with van der Waals surface area (Å²) in [6.45, 7) is 0.943. The van der Waals surface area contributed by atoms with E-state index < -0.39 is 0 Å². The minimum Gasteiger partial charge on any atom is -0.310 e. The summed E-state index contributed by atoms with van der Waals surface area (Å²) in [5, 5.41) is 3.79. The molecule has 3 nitrogen and oxygen atoms in total. The summed E-state index contributed by atoms with van der Waals surface area (Å²) >= 11 is 1.72. The largest absolute Gasteiger partial charge is 0.310 e. The molecular weight excluding hydrogens is 338 g/mol. The molecule has 4 rings (SSSR count). The van der Waals surface area contributed by atoms with Gasteiger partial charge in [0.2, 0.25) is 0 Å².